The highest BCUT2D eigenvalue weighted by Crippen LogP contribution is 2.35. The van der Waals surface area contributed by atoms with Gasteiger partial charge in [-0.25, -0.2) is 13.2 Å². The van der Waals surface area contributed by atoms with E-state index in [0.717, 1.165) is 42.9 Å². The van der Waals surface area contributed by atoms with Gasteiger partial charge in [0.15, 0.2) is 16.4 Å². The average molecular weight is 389 g/mol. The third-order valence-corrected chi connectivity index (χ3v) is 4.99. The maximum atomic E-state index is 14.1. The molecule has 3 nitrogen and oxygen atoms in total. The number of hydrogen-bond donors (Lipinski definition) is 2. The minimum atomic E-state index is -1.09. The lowest BCUT2D eigenvalue weighted by Gasteiger charge is -2.12. The van der Waals surface area contributed by atoms with Crippen molar-refractivity contribution in [3.63, 3.8) is 0 Å². The first-order valence-electron chi connectivity index (χ1n) is 8.55. The fraction of sp³-hybridized carbons (Fsp3) is 0.500. The molecule has 2 heterocycles. The zero-order chi connectivity index (χ0) is 18.1. The molecule has 2 N–H and O–H groups in total. The molecule has 1 aromatic carbocycles. The Labute approximate surface area is 155 Å². The van der Waals surface area contributed by atoms with E-state index in [0.29, 0.717) is 23.8 Å². The van der Waals surface area contributed by atoms with Crippen molar-refractivity contribution in [2.24, 2.45) is 0 Å². The summed E-state index contributed by atoms with van der Waals surface area (Å²) in [4.78, 5) is 3.20. The van der Waals surface area contributed by atoms with Crippen molar-refractivity contribution in [3.05, 3.63) is 51.3 Å². The highest BCUT2D eigenvalue weighted by atomic mass is 32.1. The molecule has 3 rings (SSSR count). The smallest absolute Gasteiger partial charge is 0.177 e. The van der Waals surface area contributed by atoms with Gasteiger partial charge >= 0.3 is 0 Å². The molecule has 0 bridgehead atoms. The number of H-pyrrole nitrogens is 1. The van der Waals surface area contributed by atoms with E-state index in [9.17, 15) is 13.2 Å². The molecule has 26 heavy (non-hydrogen) atoms. The summed E-state index contributed by atoms with van der Waals surface area (Å²) in [6.07, 6.45) is 2.21. The van der Waals surface area contributed by atoms with E-state index in [1.165, 1.54) is 0 Å². The molecule has 1 aliphatic rings. The standard InChI is InChI=1S/C18H22F3N3S.FH/c1-10(2)22-7-3-4-14-15-8-11(9-24(15)18(25)23-14)16-12(19)5-6-13(20)17(16)21;/h5-6,10-11,22H,3-4,7-9H2,1-2H3,(H,23,25);1H/t11-;/m0./s1. The van der Waals surface area contributed by atoms with Gasteiger partial charge in [-0.05, 0) is 50.2 Å². The summed E-state index contributed by atoms with van der Waals surface area (Å²) in [5.74, 6) is -3.24. The quantitative estimate of drug-likeness (QED) is 0.333. The van der Waals surface area contributed by atoms with Crippen LogP contribution >= 0.6 is 12.2 Å². The monoisotopic (exact) mass is 389 g/mol. The summed E-state index contributed by atoms with van der Waals surface area (Å²) in [5.41, 5.74) is 1.81. The van der Waals surface area contributed by atoms with Crippen molar-refractivity contribution in [1.29, 1.82) is 0 Å². The second kappa shape index (κ2) is 8.35. The summed E-state index contributed by atoms with van der Waals surface area (Å²) in [7, 11) is 0. The van der Waals surface area contributed by atoms with Crippen LogP contribution in [0.4, 0.5) is 17.9 Å². The summed E-state index contributed by atoms with van der Waals surface area (Å²) in [6, 6.07) is 2.24. The minimum Gasteiger partial charge on any atom is -0.334 e. The molecule has 1 aliphatic heterocycles. The first kappa shape index (κ1) is 20.6. The second-order valence-electron chi connectivity index (χ2n) is 6.84. The second-order valence-corrected chi connectivity index (χ2v) is 7.22. The Morgan fingerprint density at radius 1 is 1.27 bits per heavy atom. The van der Waals surface area contributed by atoms with Crippen LogP contribution in [0.2, 0.25) is 0 Å². The van der Waals surface area contributed by atoms with Gasteiger partial charge in [-0.15, -0.1) is 0 Å². The summed E-state index contributed by atoms with van der Waals surface area (Å²) >= 11 is 5.34. The van der Waals surface area contributed by atoms with Crippen molar-refractivity contribution in [2.45, 2.75) is 51.6 Å². The van der Waals surface area contributed by atoms with Gasteiger partial charge in [0.25, 0.3) is 0 Å². The predicted octanol–water partition coefficient (Wildman–Crippen LogP) is 4.39. The molecule has 1 aromatic heterocycles. The lowest BCUT2D eigenvalue weighted by molar-refractivity contribution is 0.459. The minimum absolute atomic E-state index is 0. The van der Waals surface area contributed by atoms with Crippen LogP contribution in [0.3, 0.4) is 0 Å². The number of aromatic amines is 1. The van der Waals surface area contributed by atoms with Gasteiger partial charge in [0.2, 0.25) is 0 Å². The van der Waals surface area contributed by atoms with E-state index in [1.807, 2.05) is 4.57 Å². The zero-order valence-corrected chi connectivity index (χ0v) is 15.6. The average Bonchev–Trinajstić information content (AvgIpc) is 3.09. The van der Waals surface area contributed by atoms with Crippen molar-refractivity contribution in [2.75, 3.05) is 6.54 Å². The highest BCUT2D eigenvalue weighted by molar-refractivity contribution is 7.71. The van der Waals surface area contributed by atoms with Gasteiger partial charge in [-0.1, -0.05) is 13.8 Å². The van der Waals surface area contributed by atoms with Crippen molar-refractivity contribution >= 4 is 12.2 Å². The van der Waals surface area contributed by atoms with Crippen LogP contribution in [0, 0.1) is 22.2 Å². The van der Waals surface area contributed by atoms with E-state index in [2.05, 4.69) is 24.1 Å². The number of hydrogen-bond acceptors (Lipinski definition) is 2. The van der Waals surface area contributed by atoms with Gasteiger partial charge in [-0.3, -0.25) is 4.70 Å². The number of fused-ring (bicyclic) bond motifs is 1. The Bertz CT molecular complexity index is 829. The number of aromatic nitrogens is 2. The van der Waals surface area contributed by atoms with Crippen molar-refractivity contribution in [1.82, 2.24) is 14.9 Å². The maximum Gasteiger partial charge on any atom is 0.177 e. The number of nitrogens with one attached hydrogen (secondary N) is 2. The van der Waals surface area contributed by atoms with E-state index in [-0.39, 0.29) is 10.3 Å². The Morgan fingerprint density at radius 3 is 2.65 bits per heavy atom. The number of aryl methyl sites for hydroxylation is 1. The van der Waals surface area contributed by atoms with E-state index < -0.39 is 23.4 Å². The third-order valence-electron chi connectivity index (χ3n) is 4.66. The van der Waals surface area contributed by atoms with Crippen LogP contribution in [0.25, 0.3) is 0 Å². The molecular formula is C18H23F4N3S. The van der Waals surface area contributed by atoms with Gasteiger partial charge in [0, 0.05) is 35.5 Å². The Kier molecular flexibility index (Phi) is 6.63. The third kappa shape index (κ3) is 4.01. The SMILES string of the molecule is CC(C)NCCCc1[nH]c(=S)n2c1C[C@H](c1c(F)ccc(F)c1F)C2.F. The van der Waals surface area contributed by atoms with Crippen molar-refractivity contribution in [3.8, 4) is 0 Å². The number of benzene rings is 1. The molecule has 2 aromatic rings. The first-order chi connectivity index (χ1) is 11.9. The molecule has 0 amide bonds. The maximum absolute atomic E-state index is 14.1. The fourth-order valence-electron chi connectivity index (χ4n) is 3.47. The molecule has 0 fully saturated rings. The normalized spacial score (nSPS) is 16.0. The molecule has 144 valence electrons. The van der Waals surface area contributed by atoms with Gasteiger partial charge in [0.05, 0.1) is 0 Å². The predicted molar refractivity (Wildman–Crippen MR) is 96.3 cm³/mol. The molecule has 1 atom stereocenters. The van der Waals surface area contributed by atoms with E-state index in [4.69, 9.17) is 12.2 Å². The van der Waals surface area contributed by atoms with Crippen LogP contribution in [0.5, 0.6) is 0 Å². The molecule has 0 aliphatic carbocycles. The van der Waals surface area contributed by atoms with E-state index in [1.54, 1.807) is 0 Å². The highest BCUT2D eigenvalue weighted by Gasteiger charge is 2.31. The molecule has 0 radical (unpaired) electrons. The number of imidazole rings is 1. The zero-order valence-electron chi connectivity index (χ0n) is 14.7. The van der Waals surface area contributed by atoms with E-state index >= 15 is 0 Å². The summed E-state index contributed by atoms with van der Waals surface area (Å²) in [6.45, 7) is 5.44. The topological polar surface area (TPSA) is 32.8 Å². The molecule has 0 spiro atoms. The van der Waals surface area contributed by atoms with Gasteiger partial charge in [0.1, 0.15) is 5.82 Å². The molecule has 0 unspecified atom stereocenters. The van der Waals surface area contributed by atoms with Crippen LogP contribution in [0.1, 0.15) is 43.1 Å². The molecular weight excluding hydrogens is 366 g/mol. The van der Waals surface area contributed by atoms with Gasteiger partial charge in [-0.2, -0.15) is 0 Å². The lowest BCUT2D eigenvalue weighted by atomic mass is 9.95. The Balaban J connectivity index is 0.00000243. The molecule has 0 saturated carbocycles. The van der Waals surface area contributed by atoms with Crippen LogP contribution in [0.15, 0.2) is 12.1 Å². The lowest BCUT2D eigenvalue weighted by Crippen LogP contribution is -2.24. The fourth-order valence-corrected chi connectivity index (χ4v) is 3.78. The molecule has 8 heteroatoms. The van der Waals surface area contributed by atoms with Crippen LogP contribution < -0.4 is 5.32 Å². The van der Waals surface area contributed by atoms with Crippen LogP contribution in [-0.4, -0.2) is 22.1 Å². The molecule has 0 saturated heterocycles. The summed E-state index contributed by atoms with van der Waals surface area (Å²) in [5, 5.41) is 3.36. The number of rotatable bonds is 6. The van der Waals surface area contributed by atoms with Crippen molar-refractivity contribution < 1.29 is 17.9 Å². The largest absolute Gasteiger partial charge is 0.334 e. The number of halogens is 4. The Hall–Kier alpha value is -1.67. The van der Waals surface area contributed by atoms with Gasteiger partial charge < -0.3 is 14.9 Å². The van der Waals surface area contributed by atoms with Crippen LogP contribution in [-0.2, 0) is 19.4 Å². The Morgan fingerprint density at radius 2 is 1.96 bits per heavy atom. The number of nitrogens with zero attached hydrogens (tertiary/aromatic N) is 1. The first-order valence-corrected chi connectivity index (χ1v) is 8.96. The summed E-state index contributed by atoms with van der Waals surface area (Å²) < 4.78 is 44.1.